The van der Waals surface area contributed by atoms with Gasteiger partial charge in [-0.25, -0.2) is 4.98 Å². The summed E-state index contributed by atoms with van der Waals surface area (Å²) in [6.07, 6.45) is 7.12. The van der Waals surface area contributed by atoms with Gasteiger partial charge in [0.25, 0.3) is 0 Å². The molecule has 3 nitrogen and oxygen atoms in total. The van der Waals surface area contributed by atoms with Crippen LogP contribution in [0.3, 0.4) is 0 Å². The summed E-state index contributed by atoms with van der Waals surface area (Å²) < 4.78 is 0. The lowest BCUT2D eigenvalue weighted by molar-refractivity contribution is 1.30. The van der Waals surface area contributed by atoms with Gasteiger partial charge in [-0.2, -0.15) is 0 Å². The predicted octanol–water partition coefficient (Wildman–Crippen LogP) is 1.72. The lowest BCUT2D eigenvalue weighted by atomic mass is 10.4. The van der Waals surface area contributed by atoms with E-state index in [4.69, 9.17) is 0 Å². The fourth-order valence-corrected chi connectivity index (χ4v) is 0.906. The Morgan fingerprint density at radius 1 is 1.36 bits per heavy atom. The fraction of sp³-hybridized carbons (Fsp3) is 0. The first-order chi connectivity index (χ1) is 5.47. The van der Waals surface area contributed by atoms with E-state index in [2.05, 4.69) is 15.3 Å². The number of pyridine rings is 1. The summed E-state index contributed by atoms with van der Waals surface area (Å²) in [7, 11) is 0. The minimum Gasteiger partial charge on any atom is -0.345 e. The molecule has 2 rings (SSSR count). The van der Waals surface area contributed by atoms with Crippen molar-refractivity contribution < 1.29 is 0 Å². The maximum atomic E-state index is 4.15. The molecule has 0 atom stereocenters. The highest BCUT2D eigenvalue weighted by atomic mass is 15.0. The first-order valence-electron chi connectivity index (χ1n) is 3.37. The second-order valence-electron chi connectivity index (χ2n) is 2.15. The zero-order chi connectivity index (χ0) is 7.52. The molecule has 0 aromatic carbocycles. The Labute approximate surface area is 64.5 Å². The molecule has 0 fully saturated rings. The normalized spacial score (nSPS) is 13.5. The van der Waals surface area contributed by atoms with Crippen molar-refractivity contribution in [2.45, 2.75) is 0 Å². The Balaban J connectivity index is 2.52. The van der Waals surface area contributed by atoms with E-state index < -0.39 is 0 Å². The van der Waals surface area contributed by atoms with Gasteiger partial charge in [0.1, 0.15) is 5.69 Å². The Bertz CT molecular complexity index is 315. The first-order valence-corrected chi connectivity index (χ1v) is 3.37. The number of fused-ring (bicyclic) bond motifs is 1. The van der Waals surface area contributed by atoms with Crippen LogP contribution in [0.1, 0.15) is 0 Å². The van der Waals surface area contributed by atoms with Crippen molar-refractivity contribution in [3.63, 3.8) is 0 Å². The standard InChI is InChI=1S/C8H7N3/c1-3-7-8(10-4-1)11-6-2-5-9-7/h1-6H,(H,10,11). The number of rotatable bonds is 0. The summed E-state index contributed by atoms with van der Waals surface area (Å²) in [6, 6.07) is 3.78. The second-order valence-corrected chi connectivity index (χ2v) is 2.15. The Kier molecular flexibility index (Phi) is 1.41. The van der Waals surface area contributed by atoms with Crippen LogP contribution in [0.2, 0.25) is 0 Å². The van der Waals surface area contributed by atoms with Crippen LogP contribution in [-0.4, -0.2) is 11.2 Å². The van der Waals surface area contributed by atoms with Crippen molar-refractivity contribution in [1.82, 2.24) is 4.98 Å². The van der Waals surface area contributed by atoms with Crippen LogP contribution >= 0.6 is 0 Å². The summed E-state index contributed by atoms with van der Waals surface area (Å²) in [6.45, 7) is 0. The van der Waals surface area contributed by atoms with Gasteiger partial charge in [-0.05, 0) is 18.2 Å². The quantitative estimate of drug-likeness (QED) is 0.603. The number of hydrogen-bond acceptors (Lipinski definition) is 3. The first kappa shape index (κ1) is 6.09. The van der Waals surface area contributed by atoms with Crippen LogP contribution in [-0.2, 0) is 0 Å². The van der Waals surface area contributed by atoms with E-state index >= 15 is 0 Å². The average molecular weight is 145 g/mol. The fourth-order valence-electron chi connectivity index (χ4n) is 0.906. The number of aliphatic imine (C=N–C) groups is 1. The lowest BCUT2D eigenvalue weighted by Crippen LogP contribution is -1.88. The molecule has 1 aliphatic heterocycles. The number of anilines is 1. The monoisotopic (exact) mass is 145 g/mol. The molecule has 11 heavy (non-hydrogen) atoms. The van der Waals surface area contributed by atoms with Crippen LogP contribution in [0.25, 0.3) is 0 Å². The molecule has 0 amide bonds. The van der Waals surface area contributed by atoms with Gasteiger partial charge < -0.3 is 5.32 Å². The molecule has 0 unspecified atom stereocenters. The lowest BCUT2D eigenvalue weighted by Gasteiger charge is -1.99. The SMILES string of the molecule is C1=CNc2ncccc2N=C1. The van der Waals surface area contributed by atoms with E-state index in [1.807, 2.05) is 24.4 Å². The van der Waals surface area contributed by atoms with Crippen molar-refractivity contribution in [3.8, 4) is 0 Å². The van der Waals surface area contributed by atoms with E-state index in [-0.39, 0.29) is 0 Å². The van der Waals surface area contributed by atoms with E-state index in [0.717, 1.165) is 11.5 Å². The molecule has 0 radical (unpaired) electrons. The zero-order valence-electron chi connectivity index (χ0n) is 5.86. The summed E-state index contributed by atoms with van der Waals surface area (Å²) >= 11 is 0. The minimum atomic E-state index is 0.803. The molecule has 2 heterocycles. The number of allylic oxidation sites excluding steroid dienone is 1. The van der Waals surface area contributed by atoms with E-state index in [9.17, 15) is 0 Å². The van der Waals surface area contributed by atoms with E-state index in [1.165, 1.54) is 0 Å². The van der Waals surface area contributed by atoms with Gasteiger partial charge in [0.15, 0.2) is 5.82 Å². The Morgan fingerprint density at radius 3 is 3.36 bits per heavy atom. The van der Waals surface area contributed by atoms with E-state index in [0.29, 0.717) is 0 Å². The van der Waals surface area contributed by atoms with E-state index in [1.54, 1.807) is 12.4 Å². The van der Waals surface area contributed by atoms with Gasteiger partial charge in [-0.3, -0.25) is 4.99 Å². The van der Waals surface area contributed by atoms with Crippen molar-refractivity contribution in [2.75, 3.05) is 5.32 Å². The molecule has 1 N–H and O–H groups in total. The maximum Gasteiger partial charge on any atom is 0.155 e. The van der Waals surface area contributed by atoms with Gasteiger partial charge in [0.05, 0.1) is 0 Å². The van der Waals surface area contributed by atoms with Gasteiger partial charge in [-0.15, -0.1) is 0 Å². The third-order valence-corrected chi connectivity index (χ3v) is 1.40. The second kappa shape index (κ2) is 2.54. The molecule has 0 bridgehead atoms. The number of aromatic nitrogens is 1. The minimum absolute atomic E-state index is 0.803. The number of nitrogens with one attached hydrogen (secondary N) is 1. The molecule has 1 aromatic rings. The van der Waals surface area contributed by atoms with Gasteiger partial charge in [-0.1, -0.05) is 0 Å². The Hall–Kier alpha value is -1.64. The van der Waals surface area contributed by atoms with Gasteiger partial charge in [0.2, 0.25) is 0 Å². The van der Waals surface area contributed by atoms with Crippen LogP contribution in [0.4, 0.5) is 11.5 Å². The third kappa shape index (κ3) is 1.12. The summed E-state index contributed by atoms with van der Waals surface area (Å²) in [5.41, 5.74) is 0.873. The zero-order valence-corrected chi connectivity index (χ0v) is 5.86. The highest BCUT2D eigenvalue weighted by Crippen LogP contribution is 2.21. The number of hydrogen-bond donors (Lipinski definition) is 1. The maximum absolute atomic E-state index is 4.15. The third-order valence-electron chi connectivity index (χ3n) is 1.40. The molecule has 0 saturated heterocycles. The van der Waals surface area contributed by atoms with Crippen LogP contribution in [0.5, 0.6) is 0 Å². The Morgan fingerprint density at radius 2 is 2.36 bits per heavy atom. The highest BCUT2D eigenvalue weighted by Gasteiger charge is 1.98. The van der Waals surface area contributed by atoms with Crippen molar-refractivity contribution >= 4 is 17.7 Å². The predicted molar refractivity (Wildman–Crippen MR) is 45.2 cm³/mol. The summed E-state index contributed by atoms with van der Waals surface area (Å²) in [5, 5.41) is 3.01. The molecule has 1 aromatic heterocycles. The average Bonchev–Trinajstić information content (AvgIpc) is 2.28. The topological polar surface area (TPSA) is 37.3 Å². The van der Waals surface area contributed by atoms with Crippen molar-refractivity contribution in [3.05, 3.63) is 30.6 Å². The molecule has 3 heteroatoms. The van der Waals surface area contributed by atoms with Crippen LogP contribution in [0, 0.1) is 0 Å². The van der Waals surface area contributed by atoms with Gasteiger partial charge >= 0.3 is 0 Å². The molecule has 54 valence electrons. The highest BCUT2D eigenvalue weighted by molar-refractivity contribution is 5.80. The summed E-state index contributed by atoms with van der Waals surface area (Å²) in [5.74, 6) is 0.803. The number of nitrogens with zero attached hydrogens (tertiary/aromatic N) is 2. The van der Waals surface area contributed by atoms with Crippen molar-refractivity contribution in [1.29, 1.82) is 0 Å². The molecular weight excluding hydrogens is 138 g/mol. The molecule has 0 spiro atoms. The smallest absolute Gasteiger partial charge is 0.155 e. The molecular formula is C8H7N3. The van der Waals surface area contributed by atoms with Crippen LogP contribution in [0.15, 0.2) is 35.6 Å². The molecule has 0 aliphatic carbocycles. The molecule has 0 saturated carbocycles. The largest absolute Gasteiger partial charge is 0.345 e. The van der Waals surface area contributed by atoms with Gasteiger partial charge in [0, 0.05) is 18.6 Å². The molecule has 1 aliphatic rings. The van der Waals surface area contributed by atoms with Crippen molar-refractivity contribution in [2.24, 2.45) is 4.99 Å². The summed E-state index contributed by atoms with van der Waals surface area (Å²) in [4.78, 5) is 8.25. The van der Waals surface area contributed by atoms with Crippen LogP contribution < -0.4 is 5.32 Å².